The molecule has 0 spiro atoms. The first-order valence-electron chi connectivity index (χ1n) is 9.18. The van der Waals surface area contributed by atoms with Crippen LogP contribution >= 0.6 is 0 Å². The van der Waals surface area contributed by atoms with E-state index in [0.29, 0.717) is 12.8 Å². The summed E-state index contributed by atoms with van der Waals surface area (Å²) in [5.41, 5.74) is 0.0700. The Morgan fingerprint density at radius 2 is 1.86 bits per heavy atom. The maximum absolute atomic E-state index is 12.3. The SMILES string of the molecule is O=C(NC1(CC(O)C2C[C@@H](C(=O)O)N(C(=O)O)C2=O)CC1)OCc1ccccc1. The lowest BCUT2D eigenvalue weighted by Gasteiger charge is -2.23. The number of aliphatic hydroxyl groups excluding tert-OH is 1. The summed E-state index contributed by atoms with van der Waals surface area (Å²) in [5.74, 6) is -3.55. The molecule has 0 bridgehead atoms. The van der Waals surface area contributed by atoms with Crippen LogP contribution in [0.4, 0.5) is 9.59 Å². The smallest absolute Gasteiger partial charge is 0.414 e. The summed E-state index contributed by atoms with van der Waals surface area (Å²) < 4.78 is 5.17. The zero-order valence-electron chi connectivity index (χ0n) is 15.5. The first-order valence-corrected chi connectivity index (χ1v) is 9.18. The van der Waals surface area contributed by atoms with Crippen LogP contribution in [0.15, 0.2) is 30.3 Å². The number of benzene rings is 1. The van der Waals surface area contributed by atoms with Crippen molar-refractivity contribution < 1.29 is 39.2 Å². The van der Waals surface area contributed by atoms with Crippen LogP contribution in [0.2, 0.25) is 0 Å². The molecule has 0 radical (unpaired) electrons. The third-order valence-corrected chi connectivity index (χ3v) is 5.33. The van der Waals surface area contributed by atoms with Crippen LogP contribution in [0.25, 0.3) is 0 Å². The number of hydrogen-bond donors (Lipinski definition) is 4. The first kappa shape index (κ1) is 20.6. The molecule has 1 saturated heterocycles. The Morgan fingerprint density at radius 1 is 1.21 bits per heavy atom. The Balaban J connectivity index is 1.56. The van der Waals surface area contributed by atoms with Crippen LogP contribution < -0.4 is 5.32 Å². The second-order valence-corrected chi connectivity index (χ2v) is 7.43. The van der Waals surface area contributed by atoms with Crippen LogP contribution in [0, 0.1) is 5.92 Å². The summed E-state index contributed by atoms with van der Waals surface area (Å²) in [5, 5.41) is 31.4. The number of carbonyl (C=O) groups excluding carboxylic acids is 2. The lowest BCUT2D eigenvalue weighted by molar-refractivity contribution is -0.145. The van der Waals surface area contributed by atoms with Crippen molar-refractivity contribution in [3.8, 4) is 0 Å². The minimum atomic E-state index is -1.67. The molecule has 2 unspecified atom stereocenters. The number of carboxylic acids is 1. The van der Waals surface area contributed by atoms with Gasteiger partial charge in [-0.05, 0) is 31.2 Å². The molecular formula is C19H22N2O8. The van der Waals surface area contributed by atoms with E-state index in [1.807, 2.05) is 30.3 Å². The molecule has 1 heterocycles. The lowest BCUT2D eigenvalue weighted by atomic mass is 9.92. The van der Waals surface area contributed by atoms with Gasteiger partial charge in [0.1, 0.15) is 12.6 Å². The number of imide groups is 1. The van der Waals surface area contributed by atoms with Crippen molar-refractivity contribution in [1.82, 2.24) is 10.2 Å². The van der Waals surface area contributed by atoms with Gasteiger partial charge in [0, 0.05) is 5.54 Å². The fourth-order valence-corrected chi connectivity index (χ4v) is 3.59. The van der Waals surface area contributed by atoms with Crippen molar-refractivity contribution in [3.63, 3.8) is 0 Å². The van der Waals surface area contributed by atoms with E-state index in [-0.39, 0.29) is 24.3 Å². The second kappa shape index (κ2) is 8.08. The van der Waals surface area contributed by atoms with Crippen molar-refractivity contribution in [2.45, 2.75) is 50.0 Å². The number of rotatable bonds is 7. The van der Waals surface area contributed by atoms with Gasteiger partial charge in [-0.2, -0.15) is 0 Å². The van der Waals surface area contributed by atoms with Crippen molar-refractivity contribution in [2.24, 2.45) is 5.92 Å². The zero-order valence-corrected chi connectivity index (χ0v) is 15.5. The standard InChI is InChI=1S/C19H22N2O8/c22-14(12-8-13(16(24)25)21(15(12)23)18(27)28)9-19(6-7-19)20-17(26)29-10-11-4-2-1-3-5-11/h1-5,12-14,22H,6-10H2,(H,20,26)(H,24,25)(H,27,28)/t12?,13-,14?/m0/s1. The minimum absolute atomic E-state index is 0.00361. The van der Waals surface area contributed by atoms with Gasteiger partial charge in [-0.15, -0.1) is 0 Å². The average Bonchev–Trinajstić information content (AvgIpc) is 3.31. The van der Waals surface area contributed by atoms with Crippen LogP contribution in [-0.2, 0) is 20.9 Å². The van der Waals surface area contributed by atoms with E-state index in [0.717, 1.165) is 5.56 Å². The van der Waals surface area contributed by atoms with E-state index < -0.39 is 47.7 Å². The van der Waals surface area contributed by atoms with Crippen molar-refractivity contribution in [1.29, 1.82) is 0 Å². The Kier molecular flexibility index (Phi) is 5.73. The molecule has 2 aliphatic rings. The predicted octanol–water partition coefficient (Wildman–Crippen LogP) is 1.18. The summed E-state index contributed by atoms with van der Waals surface area (Å²) in [7, 11) is 0. The van der Waals surface area contributed by atoms with Gasteiger partial charge in [0.25, 0.3) is 0 Å². The number of hydrogen-bond acceptors (Lipinski definition) is 6. The van der Waals surface area contributed by atoms with Gasteiger partial charge in [0.2, 0.25) is 5.91 Å². The van der Waals surface area contributed by atoms with Gasteiger partial charge >= 0.3 is 18.2 Å². The topological polar surface area (TPSA) is 153 Å². The largest absolute Gasteiger partial charge is 0.480 e. The Morgan fingerprint density at radius 3 is 2.38 bits per heavy atom. The molecule has 1 saturated carbocycles. The number of carboxylic acid groups (broad SMARTS) is 2. The maximum atomic E-state index is 12.3. The van der Waals surface area contributed by atoms with Crippen LogP contribution in [-0.4, -0.2) is 62.0 Å². The van der Waals surface area contributed by atoms with Gasteiger partial charge in [0.15, 0.2) is 0 Å². The van der Waals surface area contributed by atoms with Gasteiger partial charge in [-0.25, -0.2) is 19.3 Å². The van der Waals surface area contributed by atoms with Crippen molar-refractivity contribution in [3.05, 3.63) is 35.9 Å². The molecule has 3 atom stereocenters. The Labute approximate surface area is 166 Å². The number of ether oxygens (including phenoxy) is 1. The highest BCUT2D eigenvalue weighted by atomic mass is 16.5. The number of carbonyl (C=O) groups is 4. The molecule has 10 nitrogen and oxygen atoms in total. The fraction of sp³-hybridized carbons (Fsp3) is 0.474. The number of alkyl carbamates (subject to hydrolysis) is 1. The van der Waals surface area contributed by atoms with Crippen molar-refractivity contribution >= 4 is 24.1 Å². The number of likely N-dealkylation sites (tertiary alicyclic amines) is 1. The van der Waals surface area contributed by atoms with E-state index in [1.165, 1.54) is 0 Å². The Hall–Kier alpha value is -3.14. The highest BCUT2D eigenvalue weighted by Gasteiger charge is 2.53. The molecule has 29 heavy (non-hydrogen) atoms. The lowest BCUT2D eigenvalue weighted by Crippen LogP contribution is -2.44. The van der Waals surface area contributed by atoms with E-state index in [2.05, 4.69) is 5.32 Å². The number of aliphatic carboxylic acids is 1. The molecule has 3 amide bonds. The maximum Gasteiger partial charge on any atom is 0.414 e. The van der Waals surface area contributed by atoms with Gasteiger partial charge in [0.05, 0.1) is 12.0 Å². The van der Waals surface area contributed by atoms with Crippen LogP contribution in [0.1, 0.15) is 31.2 Å². The second-order valence-electron chi connectivity index (χ2n) is 7.43. The monoisotopic (exact) mass is 406 g/mol. The molecule has 1 aromatic rings. The summed E-state index contributed by atoms with van der Waals surface area (Å²) in [4.78, 5) is 47.1. The molecule has 3 rings (SSSR count). The normalized spacial score (nSPS) is 23.3. The summed E-state index contributed by atoms with van der Waals surface area (Å²) >= 11 is 0. The molecule has 156 valence electrons. The molecule has 10 heteroatoms. The molecule has 2 fully saturated rings. The molecule has 4 N–H and O–H groups in total. The number of aliphatic hydroxyl groups is 1. The van der Waals surface area contributed by atoms with E-state index >= 15 is 0 Å². The van der Waals surface area contributed by atoms with E-state index in [9.17, 15) is 24.3 Å². The van der Waals surface area contributed by atoms with E-state index in [1.54, 1.807) is 0 Å². The molecule has 1 aromatic carbocycles. The van der Waals surface area contributed by atoms with Gasteiger partial charge in [-0.3, -0.25) is 4.79 Å². The summed E-state index contributed by atoms with van der Waals surface area (Å²) in [6, 6.07) is 7.57. The van der Waals surface area contributed by atoms with Gasteiger partial charge in [-0.1, -0.05) is 30.3 Å². The predicted molar refractivity (Wildman–Crippen MR) is 96.8 cm³/mol. The number of nitrogens with zero attached hydrogens (tertiary/aromatic N) is 1. The summed E-state index contributed by atoms with van der Waals surface area (Å²) in [6.07, 6.45) is -2.79. The molecule has 1 aliphatic carbocycles. The van der Waals surface area contributed by atoms with Crippen molar-refractivity contribution in [2.75, 3.05) is 0 Å². The first-order chi connectivity index (χ1) is 13.7. The highest BCUT2D eigenvalue weighted by molar-refractivity contribution is 6.00. The van der Waals surface area contributed by atoms with Gasteiger partial charge < -0.3 is 25.4 Å². The van der Waals surface area contributed by atoms with E-state index in [4.69, 9.17) is 14.9 Å². The summed E-state index contributed by atoms with van der Waals surface area (Å²) in [6.45, 7) is 0.0836. The zero-order chi connectivity index (χ0) is 21.2. The molecule has 1 aliphatic heterocycles. The average molecular weight is 406 g/mol. The third-order valence-electron chi connectivity index (χ3n) is 5.33. The highest BCUT2D eigenvalue weighted by Crippen LogP contribution is 2.42. The minimum Gasteiger partial charge on any atom is -0.480 e. The fourth-order valence-electron chi connectivity index (χ4n) is 3.59. The van der Waals surface area contributed by atoms with Crippen LogP contribution in [0.5, 0.6) is 0 Å². The van der Waals surface area contributed by atoms with Crippen LogP contribution in [0.3, 0.4) is 0 Å². The third kappa shape index (κ3) is 4.65. The quantitative estimate of drug-likeness (QED) is 0.526. The Bertz CT molecular complexity index is 808. The number of nitrogens with one attached hydrogen (secondary N) is 1. The molecular weight excluding hydrogens is 384 g/mol. The number of amides is 3. The molecule has 0 aromatic heterocycles.